The summed E-state index contributed by atoms with van der Waals surface area (Å²) in [5.74, 6) is 0.0748. The molecule has 100 valence electrons. The summed E-state index contributed by atoms with van der Waals surface area (Å²) >= 11 is 0. The smallest absolute Gasteiger partial charge is 0.238 e. The van der Waals surface area contributed by atoms with Gasteiger partial charge in [-0.25, -0.2) is 0 Å². The van der Waals surface area contributed by atoms with E-state index >= 15 is 0 Å². The molecule has 0 atom stereocenters. The van der Waals surface area contributed by atoms with Gasteiger partial charge < -0.3 is 9.84 Å². The van der Waals surface area contributed by atoms with E-state index in [0.717, 1.165) is 5.56 Å². The Kier molecular flexibility index (Phi) is 4.30. The number of amides is 1. The Morgan fingerprint density at radius 2 is 2.15 bits per heavy atom. The largest absolute Gasteiger partial charge is 0.354 e. The van der Waals surface area contributed by atoms with Crippen LogP contribution >= 0.6 is 0 Å². The van der Waals surface area contributed by atoms with Crippen LogP contribution in [0.3, 0.4) is 0 Å². The normalized spacial score (nSPS) is 10.4. The van der Waals surface area contributed by atoms with Gasteiger partial charge in [0.2, 0.25) is 5.91 Å². The molecule has 0 fully saturated rings. The predicted molar refractivity (Wildman–Crippen MR) is 75.5 cm³/mol. The highest BCUT2D eigenvalue weighted by atomic mass is 16.5. The van der Waals surface area contributed by atoms with Gasteiger partial charge in [-0.15, -0.1) is 0 Å². The minimum atomic E-state index is -0.381. The lowest BCUT2D eigenvalue weighted by Gasteiger charge is -2.00. The lowest BCUT2D eigenvalue weighted by Crippen LogP contribution is -2.11. The average molecular weight is 267 g/mol. The topological polar surface area (TPSA) is 78.9 Å². The van der Waals surface area contributed by atoms with Crippen molar-refractivity contribution in [1.29, 1.82) is 5.26 Å². The maximum Gasteiger partial charge on any atom is 0.238 e. The van der Waals surface area contributed by atoms with E-state index in [0.29, 0.717) is 17.1 Å². The number of carbonyl (C=O) groups is 1. The monoisotopic (exact) mass is 267 g/mol. The Morgan fingerprint density at radius 3 is 2.85 bits per heavy atom. The molecule has 2 aromatic rings. The number of hydrogen-bond donors (Lipinski definition) is 1. The van der Waals surface area contributed by atoms with Crippen molar-refractivity contribution in [2.75, 3.05) is 5.32 Å². The molecule has 0 unspecified atom stereocenters. The van der Waals surface area contributed by atoms with Gasteiger partial charge in [0.25, 0.3) is 0 Å². The second-order valence-corrected chi connectivity index (χ2v) is 4.13. The maximum atomic E-state index is 11.5. The zero-order valence-electron chi connectivity index (χ0n) is 11.0. The van der Waals surface area contributed by atoms with Gasteiger partial charge in [0.15, 0.2) is 5.76 Å². The summed E-state index contributed by atoms with van der Waals surface area (Å²) in [7, 11) is 0. The summed E-state index contributed by atoms with van der Waals surface area (Å²) in [6, 6.07) is 11.5. The summed E-state index contributed by atoms with van der Waals surface area (Å²) in [5.41, 5.74) is 2.08. The molecule has 1 aromatic carbocycles. The molecule has 0 radical (unpaired) electrons. The SMILES string of the molecule is Cc1noc(/C=C/c2ccccc2)c1NC(=O)CC#N. The summed E-state index contributed by atoms with van der Waals surface area (Å²) < 4.78 is 5.16. The fourth-order valence-corrected chi connectivity index (χ4v) is 1.64. The average Bonchev–Trinajstić information content (AvgIpc) is 2.79. The molecule has 2 rings (SSSR count). The summed E-state index contributed by atoms with van der Waals surface area (Å²) in [4.78, 5) is 11.5. The molecule has 0 aliphatic rings. The van der Waals surface area contributed by atoms with Crippen molar-refractivity contribution in [3.63, 3.8) is 0 Å². The molecule has 0 spiro atoms. The van der Waals surface area contributed by atoms with E-state index in [1.807, 2.05) is 36.4 Å². The predicted octanol–water partition coefficient (Wildman–Crippen LogP) is 3.01. The molecular formula is C15H13N3O2. The number of nitrogens with one attached hydrogen (secondary N) is 1. The van der Waals surface area contributed by atoms with Crippen molar-refractivity contribution in [1.82, 2.24) is 5.16 Å². The number of anilines is 1. The van der Waals surface area contributed by atoms with E-state index in [2.05, 4.69) is 10.5 Å². The van der Waals surface area contributed by atoms with E-state index in [1.54, 1.807) is 19.1 Å². The number of hydrogen-bond acceptors (Lipinski definition) is 4. The fourth-order valence-electron chi connectivity index (χ4n) is 1.64. The first-order valence-corrected chi connectivity index (χ1v) is 6.07. The van der Waals surface area contributed by atoms with Crippen molar-refractivity contribution in [2.24, 2.45) is 0 Å². The van der Waals surface area contributed by atoms with Crippen LogP contribution in [0.5, 0.6) is 0 Å². The van der Waals surface area contributed by atoms with Crippen molar-refractivity contribution in [3.05, 3.63) is 47.3 Å². The van der Waals surface area contributed by atoms with Crippen LogP contribution in [-0.2, 0) is 4.79 Å². The van der Waals surface area contributed by atoms with E-state index < -0.39 is 0 Å². The molecule has 0 saturated heterocycles. The van der Waals surface area contributed by atoms with Gasteiger partial charge in [-0.3, -0.25) is 4.79 Å². The third-order valence-corrected chi connectivity index (χ3v) is 2.62. The molecule has 5 heteroatoms. The standard InChI is InChI=1S/C15H13N3O2/c1-11-15(17-14(19)9-10-16)13(20-18-11)8-7-12-5-3-2-4-6-12/h2-8H,9H2,1H3,(H,17,19)/b8-7+. The second-order valence-electron chi connectivity index (χ2n) is 4.13. The molecule has 20 heavy (non-hydrogen) atoms. The highest BCUT2D eigenvalue weighted by molar-refractivity contribution is 5.94. The van der Waals surface area contributed by atoms with Crippen LogP contribution in [0.15, 0.2) is 34.9 Å². The molecule has 1 N–H and O–H groups in total. The molecule has 0 aliphatic carbocycles. The molecule has 1 amide bonds. The highest BCUT2D eigenvalue weighted by Gasteiger charge is 2.13. The molecular weight excluding hydrogens is 254 g/mol. The van der Waals surface area contributed by atoms with Gasteiger partial charge in [-0.05, 0) is 18.6 Å². The Morgan fingerprint density at radius 1 is 1.40 bits per heavy atom. The Balaban J connectivity index is 2.19. The summed E-state index contributed by atoms with van der Waals surface area (Å²) in [6.07, 6.45) is 3.39. The second kappa shape index (κ2) is 6.34. The maximum absolute atomic E-state index is 11.5. The van der Waals surface area contributed by atoms with Crippen LogP contribution < -0.4 is 5.32 Å². The minimum absolute atomic E-state index is 0.202. The van der Waals surface area contributed by atoms with Crippen LogP contribution in [0.25, 0.3) is 12.2 Å². The number of aromatic nitrogens is 1. The Bertz CT molecular complexity index is 666. The molecule has 0 aliphatic heterocycles. The third kappa shape index (κ3) is 3.33. The van der Waals surface area contributed by atoms with Gasteiger partial charge >= 0.3 is 0 Å². The van der Waals surface area contributed by atoms with Crippen LogP contribution in [0.1, 0.15) is 23.4 Å². The van der Waals surface area contributed by atoms with Gasteiger partial charge in [0.1, 0.15) is 17.8 Å². The number of benzene rings is 1. The van der Waals surface area contributed by atoms with Gasteiger partial charge in [-0.1, -0.05) is 41.6 Å². The van der Waals surface area contributed by atoms with E-state index in [9.17, 15) is 4.79 Å². The zero-order chi connectivity index (χ0) is 14.4. The van der Waals surface area contributed by atoms with Gasteiger partial charge in [0, 0.05) is 0 Å². The molecule has 1 aromatic heterocycles. The van der Waals surface area contributed by atoms with E-state index in [-0.39, 0.29) is 12.3 Å². The first-order chi connectivity index (χ1) is 9.70. The van der Waals surface area contributed by atoms with E-state index in [1.165, 1.54) is 0 Å². The van der Waals surface area contributed by atoms with Crippen molar-refractivity contribution in [2.45, 2.75) is 13.3 Å². The molecule has 0 saturated carbocycles. The van der Waals surface area contributed by atoms with Crippen molar-refractivity contribution < 1.29 is 9.32 Å². The number of aryl methyl sites for hydroxylation is 1. The summed E-state index contributed by atoms with van der Waals surface area (Å²) in [5, 5.41) is 14.9. The highest BCUT2D eigenvalue weighted by Crippen LogP contribution is 2.22. The van der Waals surface area contributed by atoms with Crippen molar-refractivity contribution >= 4 is 23.7 Å². The quantitative estimate of drug-likeness (QED) is 0.923. The number of nitriles is 1. The fraction of sp³-hybridized carbons (Fsp3) is 0.133. The summed E-state index contributed by atoms with van der Waals surface area (Å²) in [6.45, 7) is 1.73. The van der Waals surface area contributed by atoms with Crippen LogP contribution in [0.2, 0.25) is 0 Å². The van der Waals surface area contributed by atoms with Crippen LogP contribution in [-0.4, -0.2) is 11.1 Å². The number of nitrogens with zero attached hydrogens (tertiary/aromatic N) is 2. The first-order valence-electron chi connectivity index (χ1n) is 6.07. The van der Waals surface area contributed by atoms with Crippen LogP contribution in [0.4, 0.5) is 5.69 Å². The minimum Gasteiger partial charge on any atom is -0.354 e. The lowest BCUT2D eigenvalue weighted by atomic mass is 10.2. The Hall–Kier alpha value is -2.87. The van der Waals surface area contributed by atoms with Gasteiger partial charge in [0.05, 0.1) is 6.07 Å². The van der Waals surface area contributed by atoms with Gasteiger partial charge in [-0.2, -0.15) is 5.26 Å². The first kappa shape index (κ1) is 13.6. The van der Waals surface area contributed by atoms with Crippen LogP contribution in [0, 0.1) is 18.3 Å². The molecule has 1 heterocycles. The number of carbonyl (C=O) groups excluding carboxylic acids is 1. The molecule has 5 nitrogen and oxygen atoms in total. The lowest BCUT2D eigenvalue weighted by molar-refractivity contribution is -0.115. The zero-order valence-corrected chi connectivity index (χ0v) is 11.0. The Labute approximate surface area is 116 Å². The molecule has 0 bridgehead atoms. The number of rotatable bonds is 4. The third-order valence-electron chi connectivity index (χ3n) is 2.62. The van der Waals surface area contributed by atoms with Crippen molar-refractivity contribution in [3.8, 4) is 6.07 Å². The van der Waals surface area contributed by atoms with E-state index in [4.69, 9.17) is 9.78 Å².